The average molecular weight is 316 g/mol. The van der Waals surface area contributed by atoms with Crippen molar-refractivity contribution in [2.45, 2.75) is 0 Å². The third kappa shape index (κ3) is 2.50. The smallest absolute Gasteiger partial charge is 0.335 e. The molecular formula is C18H12N4O2. The second kappa shape index (κ2) is 5.58. The number of aromatic nitrogens is 4. The highest BCUT2D eigenvalue weighted by Gasteiger charge is 2.10. The van der Waals surface area contributed by atoms with Crippen LogP contribution in [0, 0.1) is 0 Å². The fraction of sp³-hybridized carbons (Fsp3) is 0. The Bertz CT molecular complexity index is 1040. The van der Waals surface area contributed by atoms with Crippen LogP contribution in [0.5, 0.6) is 0 Å². The topological polar surface area (TPSA) is 91.8 Å². The lowest BCUT2D eigenvalue weighted by Gasteiger charge is -2.02. The maximum absolute atomic E-state index is 11.1. The molecule has 0 aliphatic heterocycles. The molecule has 6 heteroatoms. The molecule has 0 radical (unpaired) electrons. The lowest BCUT2D eigenvalue weighted by Crippen LogP contribution is -1.94. The van der Waals surface area contributed by atoms with Gasteiger partial charge in [-0.1, -0.05) is 0 Å². The Balaban J connectivity index is 1.79. The number of fused-ring (bicyclic) bond motifs is 1. The molecule has 0 unspecified atom stereocenters. The summed E-state index contributed by atoms with van der Waals surface area (Å²) in [6, 6.07) is 12.4. The molecule has 6 nitrogen and oxygen atoms in total. The molecule has 0 fully saturated rings. The van der Waals surface area contributed by atoms with Crippen molar-refractivity contribution >= 4 is 17.0 Å². The first-order chi connectivity index (χ1) is 11.7. The molecular weight excluding hydrogens is 304 g/mol. The fourth-order valence-electron chi connectivity index (χ4n) is 2.53. The first-order valence-corrected chi connectivity index (χ1v) is 7.30. The number of nitrogens with zero attached hydrogens (tertiary/aromatic N) is 3. The maximum Gasteiger partial charge on any atom is 0.335 e. The van der Waals surface area contributed by atoms with E-state index in [1.807, 2.05) is 24.3 Å². The highest BCUT2D eigenvalue weighted by Crippen LogP contribution is 2.24. The molecule has 0 atom stereocenters. The van der Waals surface area contributed by atoms with E-state index in [2.05, 4.69) is 19.9 Å². The van der Waals surface area contributed by atoms with Crippen LogP contribution in [0.4, 0.5) is 0 Å². The van der Waals surface area contributed by atoms with Crippen LogP contribution < -0.4 is 0 Å². The lowest BCUT2D eigenvalue weighted by molar-refractivity contribution is 0.0697. The average Bonchev–Trinajstić information content (AvgIpc) is 3.06. The van der Waals surface area contributed by atoms with Crippen LogP contribution in [0.15, 0.2) is 61.1 Å². The highest BCUT2D eigenvalue weighted by molar-refractivity contribution is 5.93. The summed E-state index contributed by atoms with van der Waals surface area (Å²) in [5.74, 6) is -0.295. The molecule has 0 saturated carbocycles. The summed E-state index contributed by atoms with van der Waals surface area (Å²) in [6.07, 6.45) is 5.18. The molecule has 1 aromatic carbocycles. The number of hydrogen-bond donors (Lipinski definition) is 2. The van der Waals surface area contributed by atoms with E-state index >= 15 is 0 Å². The van der Waals surface area contributed by atoms with E-state index in [4.69, 9.17) is 5.11 Å². The van der Waals surface area contributed by atoms with Crippen molar-refractivity contribution in [2.24, 2.45) is 0 Å². The number of carboxylic acids is 1. The molecule has 3 aromatic heterocycles. The predicted molar refractivity (Wildman–Crippen MR) is 89.5 cm³/mol. The summed E-state index contributed by atoms with van der Waals surface area (Å²) < 4.78 is 0. The van der Waals surface area contributed by atoms with Gasteiger partial charge in [0.2, 0.25) is 0 Å². The monoisotopic (exact) mass is 316 g/mol. The van der Waals surface area contributed by atoms with Crippen LogP contribution in [0.1, 0.15) is 10.4 Å². The van der Waals surface area contributed by atoms with E-state index in [0.717, 1.165) is 22.3 Å². The number of carboxylic acid groups (broad SMARTS) is 1. The summed E-state index contributed by atoms with van der Waals surface area (Å²) in [7, 11) is 0. The summed E-state index contributed by atoms with van der Waals surface area (Å²) >= 11 is 0. The van der Waals surface area contributed by atoms with Gasteiger partial charge in [-0.3, -0.25) is 9.97 Å². The Morgan fingerprint density at radius 3 is 2.75 bits per heavy atom. The minimum atomic E-state index is -0.962. The minimum Gasteiger partial charge on any atom is -0.478 e. The SMILES string of the molecule is O=C(O)c1ccc2nc(-c3ccnc(-c4cccnc4)c3)[nH]c2c1. The zero-order valence-corrected chi connectivity index (χ0v) is 12.5. The zero-order chi connectivity index (χ0) is 16.5. The molecule has 0 aliphatic rings. The molecule has 116 valence electrons. The van der Waals surface area contributed by atoms with E-state index in [1.54, 1.807) is 36.8 Å². The zero-order valence-electron chi connectivity index (χ0n) is 12.5. The number of benzene rings is 1. The van der Waals surface area contributed by atoms with Crippen molar-refractivity contribution in [1.29, 1.82) is 0 Å². The lowest BCUT2D eigenvalue weighted by atomic mass is 10.1. The second-order valence-corrected chi connectivity index (χ2v) is 5.29. The van der Waals surface area contributed by atoms with Crippen LogP contribution in [0.3, 0.4) is 0 Å². The van der Waals surface area contributed by atoms with Gasteiger partial charge in [0.1, 0.15) is 5.82 Å². The molecule has 2 N–H and O–H groups in total. The highest BCUT2D eigenvalue weighted by atomic mass is 16.4. The van der Waals surface area contributed by atoms with Crippen LogP contribution >= 0.6 is 0 Å². The van der Waals surface area contributed by atoms with Gasteiger partial charge in [-0.15, -0.1) is 0 Å². The van der Waals surface area contributed by atoms with Gasteiger partial charge >= 0.3 is 5.97 Å². The number of hydrogen-bond acceptors (Lipinski definition) is 4. The van der Waals surface area contributed by atoms with Crippen LogP contribution in [0.25, 0.3) is 33.7 Å². The van der Waals surface area contributed by atoms with Gasteiger partial charge in [0.05, 0.1) is 22.3 Å². The van der Waals surface area contributed by atoms with Crippen molar-refractivity contribution < 1.29 is 9.90 Å². The van der Waals surface area contributed by atoms with Gasteiger partial charge in [0, 0.05) is 29.7 Å². The molecule has 4 rings (SSSR count). The van der Waals surface area contributed by atoms with Crippen molar-refractivity contribution in [3.05, 3.63) is 66.6 Å². The number of aromatic carboxylic acids is 1. The molecule has 0 aliphatic carbocycles. The van der Waals surface area contributed by atoms with E-state index in [1.165, 1.54) is 0 Å². The van der Waals surface area contributed by atoms with Gasteiger partial charge < -0.3 is 10.1 Å². The number of nitrogens with one attached hydrogen (secondary N) is 1. The largest absolute Gasteiger partial charge is 0.478 e. The van der Waals surface area contributed by atoms with Crippen molar-refractivity contribution in [2.75, 3.05) is 0 Å². The maximum atomic E-state index is 11.1. The number of aromatic amines is 1. The van der Waals surface area contributed by atoms with Gasteiger partial charge in [0.15, 0.2) is 0 Å². The molecule has 3 heterocycles. The molecule has 4 aromatic rings. The number of carbonyl (C=O) groups is 1. The number of imidazole rings is 1. The van der Waals surface area contributed by atoms with Crippen molar-refractivity contribution in [1.82, 2.24) is 19.9 Å². The summed E-state index contributed by atoms with van der Waals surface area (Å²) in [6.45, 7) is 0. The third-order valence-corrected chi connectivity index (χ3v) is 3.72. The number of H-pyrrole nitrogens is 1. The fourth-order valence-corrected chi connectivity index (χ4v) is 2.53. The molecule has 0 saturated heterocycles. The first kappa shape index (κ1) is 14.1. The van der Waals surface area contributed by atoms with Crippen molar-refractivity contribution in [3.63, 3.8) is 0 Å². The molecule has 0 bridgehead atoms. The quantitative estimate of drug-likeness (QED) is 0.604. The van der Waals surface area contributed by atoms with Gasteiger partial charge in [-0.05, 0) is 42.5 Å². The van der Waals surface area contributed by atoms with Crippen LogP contribution in [-0.4, -0.2) is 31.0 Å². The Morgan fingerprint density at radius 2 is 1.96 bits per heavy atom. The number of rotatable bonds is 3. The summed E-state index contributed by atoms with van der Waals surface area (Å²) in [4.78, 5) is 27.2. The predicted octanol–water partition coefficient (Wildman–Crippen LogP) is 3.39. The van der Waals surface area contributed by atoms with E-state index < -0.39 is 5.97 Å². The van der Waals surface area contributed by atoms with Crippen LogP contribution in [0.2, 0.25) is 0 Å². The van der Waals surface area contributed by atoms with Gasteiger partial charge in [-0.2, -0.15) is 0 Å². The summed E-state index contributed by atoms with van der Waals surface area (Å²) in [5, 5.41) is 9.08. The van der Waals surface area contributed by atoms with E-state index in [0.29, 0.717) is 11.3 Å². The van der Waals surface area contributed by atoms with E-state index in [-0.39, 0.29) is 5.56 Å². The standard InChI is InChI=1S/C18H12N4O2/c23-18(24)12-3-4-14-16(9-12)22-17(21-14)11-5-7-20-15(8-11)13-2-1-6-19-10-13/h1-10H,(H,21,22)(H,23,24). The molecule has 0 amide bonds. The normalized spacial score (nSPS) is 10.8. The molecule has 24 heavy (non-hydrogen) atoms. The third-order valence-electron chi connectivity index (χ3n) is 3.72. The Labute approximate surface area is 136 Å². The van der Waals surface area contributed by atoms with Crippen LogP contribution in [-0.2, 0) is 0 Å². The van der Waals surface area contributed by atoms with Crippen molar-refractivity contribution in [3.8, 4) is 22.6 Å². The Morgan fingerprint density at radius 1 is 1.04 bits per heavy atom. The number of pyridine rings is 2. The Kier molecular flexibility index (Phi) is 3.28. The minimum absolute atomic E-state index is 0.225. The first-order valence-electron chi connectivity index (χ1n) is 7.30. The van der Waals surface area contributed by atoms with Gasteiger partial charge in [-0.25, -0.2) is 9.78 Å². The van der Waals surface area contributed by atoms with Gasteiger partial charge in [0.25, 0.3) is 0 Å². The van der Waals surface area contributed by atoms with E-state index in [9.17, 15) is 4.79 Å². The summed E-state index contributed by atoms with van der Waals surface area (Å²) in [5.41, 5.74) is 4.22. The second-order valence-electron chi connectivity index (χ2n) is 5.29. The Hall–Kier alpha value is -3.54. The molecule has 0 spiro atoms.